The van der Waals surface area contributed by atoms with Gasteiger partial charge in [0.15, 0.2) is 5.96 Å². The lowest BCUT2D eigenvalue weighted by atomic mass is 10.1. The van der Waals surface area contributed by atoms with Crippen LogP contribution in [-0.2, 0) is 11.2 Å². The number of pyridine rings is 1. The summed E-state index contributed by atoms with van der Waals surface area (Å²) in [6.07, 6.45) is 2.70. The molecule has 1 aliphatic heterocycles. The number of halogens is 1. The molecule has 0 aromatic carbocycles. The van der Waals surface area contributed by atoms with Gasteiger partial charge in [0.2, 0.25) is 0 Å². The number of nitrogens with one attached hydrogen (secondary N) is 2. The zero-order chi connectivity index (χ0) is 17.9. The van der Waals surface area contributed by atoms with Gasteiger partial charge in [-0.2, -0.15) is 0 Å². The summed E-state index contributed by atoms with van der Waals surface area (Å²) in [5.74, 6) is 1.40. The van der Waals surface area contributed by atoms with Crippen molar-refractivity contribution in [2.75, 3.05) is 52.5 Å². The zero-order valence-electron chi connectivity index (χ0n) is 15.3. The number of aromatic nitrogens is 1. The van der Waals surface area contributed by atoms with Gasteiger partial charge in [-0.05, 0) is 30.9 Å². The Morgan fingerprint density at radius 2 is 2.16 bits per heavy atom. The van der Waals surface area contributed by atoms with E-state index in [1.54, 1.807) is 0 Å². The molecule has 1 aromatic heterocycles. The van der Waals surface area contributed by atoms with Crippen LogP contribution in [0.25, 0.3) is 0 Å². The Bertz CT molecular complexity index is 517. The van der Waals surface area contributed by atoms with Crippen LogP contribution in [0.3, 0.4) is 0 Å². The van der Waals surface area contributed by atoms with E-state index in [4.69, 9.17) is 21.3 Å². The van der Waals surface area contributed by atoms with Crippen molar-refractivity contribution in [1.82, 2.24) is 20.5 Å². The van der Waals surface area contributed by atoms with Gasteiger partial charge in [0.1, 0.15) is 5.15 Å². The SMILES string of the molecule is CCNC(=NCC(C)CN1CCOCC1)NCCc1ccc(Cl)nc1. The van der Waals surface area contributed by atoms with Crippen LogP contribution in [-0.4, -0.2) is 68.3 Å². The van der Waals surface area contributed by atoms with Crippen LogP contribution in [0.15, 0.2) is 23.3 Å². The molecule has 0 bridgehead atoms. The average Bonchev–Trinajstić information content (AvgIpc) is 2.62. The Labute approximate surface area is 156 Å². The van der Waals surface area contributed by atoms with Crippen molar-refractivity contribution >= 4 is 17.6 Å². The molecular weight excluding hydrogens is 338 g/mol. The van der Waals surface area contributed by atoms with Gasteiger partial charge in [-0.3, -0.25) is 9.89 Å². The predicted octanol–water partition coefficient (Wildman–Crippen LogP) is 1.80. The molecule has 1 fully saturated rings. The lowest BCUT2D eigenvalue weighted by molar-refractivity contribution is 0.0323. The molecule has 0 amide bonds. The highest BCUT2D eigenvalue weighted by Gasteiger charge is 2.13. The Morgan fingerprint density at radius 1 is 1.36 bits per heavy atom. The average molecular weight is 368 g/mol. The summed E-state index contributed by atoms with van der Waals surface area (Å²) in [6.45, 7) is 11.6. The summed E-state index contributed by atoms with van der Waals surface area (Å²) in [4.78, 5) is 11.3. The first-order valence-electron chi connectivity index (χ1n) is 9.10. The Balaban J connectivity index is 1.73. The second kappa shape index (κ2) is 11.3. The molecule has 0 spiro atoms. The van der Waals surface area contributed by atoms with E-state index in [0.717, 1.165) is 70.4 Å². The summed E-state index contributed by atoms with van der Waals surface area (Å²) in [5, 5.41) is 7.22. The number of morpholine rings is 1. The highest BCUT2D eigenvalue weighted by molar-refractivity contribution is 6.29. The molecular formula is C18H30ClN5O. The third-order valence-electron chi connectivity index (χ3n) is 4.07. The molecule has 2 heterocycles. The highest BCUT2D eigenvalue weighted by Crippen LogP contribution is 2.06. The Kier molecular flexibility index (Phi) is 9.00. The first-order valence-corrected chi connectivity index (χ1v) is 9.48. The molecule has 1 atom stereocenters. The normalized spacial score (nSPS) is 17.3. The van der Waals surface area contributed by atoms with E-state index >= 15 is 0 Å². The van der Waals surface area contributed by atoms with Crippen LogP contribution >= 0.6 is 11.6 Å². The third-order valence-corrected chi connectivity index (χ3v) is 4.30. The second-order valence-corrected chi connectivity index (χ2v) is 6.79. The number of hydrogen-bond acceptors (Lipinski definition) is 4. The summed E-state index contributed by atoms with van der Waals surface area (Å²) < 4.78 is 5.40. The standard InChI is InChI=1S/C18H30ClN5O/c1-3-20-18(21-7-6-16-4-5-17(19)22-13-16)23-12-15(2)14-24-8-10-25-11-9-24/h4-5,13,15H,3,6-12,14H2,1-2H3,(H2,20,21,23). The number of guanidine groups is 1. The number of rotatable bonds is 8. The molecule has 1 saturated heterocycles. The Morgan fingerprint density at radius 3 is 2.84 bits per heavy atom. The summed E-state index contributed by atoms with van der Waals surface area (Å²) in [5.41, 5.74) is 1.16. The maximum atomic E-state index is 5.81. The van der Waals surface area contributed by atoms with Gasteiger partial charge in [0.25, 0.3) is 0 Å². The van der Waals surface area contributed by atoms with E-state index in [-0.39, 0.29) is 0 Å². The van der Waals surface area contributed by atoms with Crippen LogP contribution in [0, 0.1) is 5.92 Å². The maximum absolute atomic E-state index is 5.81. The van der Waals surface area contributed by atoms with Crippen LogP contribution in [0.4, 0.5) is 0 Å². The van der Waals surface area contributed by atoms with E-state index in [9.17, 15) is 0 Å². The number of ether oxygens (including phenoxy) is 1. The summed E-state index contributed by atoms with van der Waals surface area (Å²) in [6, 6.07) is 3.83. The molecule has 2 rings (SSSR count). The van der Waals surface area contributed by atoms with Crippen molar-refractivity contribution in [2.24, 2.45) is 10.9 Å². The summed E-state index contributed by atoms with van der Waals surface area (Å²) in [7, 11) is 0. The van der Waals surface area contributed by atoms with Gasteiger partial charge in [-0.25, -0.2) is 4.98 Å². The summed E-state index contributed by atoms with van der Waals surface area (Å²) >= 11 is 5.81. The molecule has 1 aromatic rings. The van der Waals surface area contributed by atoms with Crippen molar-refractivity contribution in [3.63, 3.8) is 0 Å². The third kappa shape index (κ3) is 8.03. The monoisotopic (exact) mass is 367 g/mol. The van der Waals surface area contributed by atoms with Crippen molar-refractivity contribution < 1.29 is 4.74 Å². The minimum absolute atomic E-state index is 0.522. The lowest BCUT2D eigenvalue weighted by Crippen LogP contribution is -2.40. The van der Waals surface area contributed by atoms with Crippen molar-refractivity contribution in [1.29, 1.82) is 0 Å². The smallest absolute Gasteiger partial charge is 0.191 e. The predicted molar refractivity (Wildman–Crippen MR) is 103 cm³/mol. The first-order chi connectivity index (χ1) is 12.2. The zero-order valence-corrected chi connectivity index (χ0v) is 16.1. The van der Waals surface area contributed by atoms with Gasteiger partial charge in [-0.1, -0.05) is 24.6 Å². The van der Waals surface area contributed by atoms with Crippen LogP contribution in [0.2, 0.25) is 5.15 Å². The van der Waals surface area contributed by atoms with Crippen molar-refractivity contribution in [3.05, 3.63) is 29.0 Å². The Hall–Kier alpha value is -1.37. The molecule has 1 unspecified atom stereocenters. The van der Waals surface area contributed by atoms with E-state index in [2.05, 4.69) is 34.4 Å². The molecule has 0 saturated carbocycles. The molecule has 1 aliphatic rings. The molecule has 6 nitrogen and oxygen atoms in total. The molecule has 140 valence electrons. The van der Waals surface area contributed by atoms with Crippen LogP contribution in [0.1, 0.15) is 19.4 Å². The largest absolute Gasteiger partial charge is 0.379 e. The first kappa shape index (κ1) is 19.9. The van der Waals surface area contributed by atoms with Gasteiger partial charge < -0.3 is 15.4 Å². The van der Waals surface area contributed by atoms with Gasteiger partial charge in [0.05, 0.1) is 13.2 Å². The molecule has 0 radical (unpaired) electrons. The van der Waals surface area contributed by atoms with Gasteiger partial charge >= 0.3 is 0 Å². The quantitative estimate of drug-likeness (QED) is 0.417. The van der Waals surface area contributed by atoms with E-state index in [1.165, 1.54) is 0 Å². The van der Waals surface area contributed by atoms with E-state index < -0.39 is 0 Å². The lowest BCUT2D eigenvalue weighted by Gasteiger charge is -2.28. The highest BCUT2D eigenvalue weighted by atomic mass is 35.5. The molecule has 0 aliphatic carbocycles. The minimum atomic E-state index is 0.522. The maximum Gasteiger partial charge on any atom is 0.191 e. The van der Waals surface area contributed by atoms with E-state index in [0.29, 0.717) is 11.1 Å². The van der Waals surface area contributed by atoms with Gasteiger partial charge in [0, 0.05) is 45.5 Å². The van der Waals surface area contributed by atoms with Crippen molar-refractivity contribution in [3.8, 4) is 0 Å². The van der Waals surface area contributed by atoms with Gasteiger partial charge in [-0.15, -0.1) is 0 Å². The molecule has 25 heavy (non-hydrogen) atoms. The number of nitrogens with zero attached hydrogens (tertiary/aromatic N) is 3. The molecule has 2 N–H and O–H groups in total. The minimum Gasteiger partial charge on any atom is -0.379 e. The van der Waals surface area contributed by atoms with Crippen LogP contribution in [0.5, 0.6) is 0 Å². The topological polar surface area (TPSA) is 61.8 Å². The van der Waals surface area contributed by atoms with E-state index in [1.807, 2.05) is 18.3 Å². The fourth-order valence-electron chi connectivity index (χ4n) is 2.75. The van der Waals surface area contributed by atoms with Crippen molar-refractivity contribution in [2.45, 2.75) is 20.3 Å². The molecule has 7 heteroatoms. The van der Waals surface area contributed by atoms with Crippen LogP contribution < -0.4 is 10.6 Å². The second-order valence-electron chi connectivity index (χ2n) is 6.40. The fourth-order valence-corrected chi connectivity index (χ4v) is 2.86. The number of aliphatic imine (C=N–C) groups is 1. The fraction of sp³-hybridized carbons (Fsp3) is 0.667. The number of hydrogen-bond donors (Lipinski definition) is 2.